The molecule has 14 heavy (non-hydrogen) atoms. The van der Waals surface area contributed by atoms with Crippen LogP contribution in [0.4, 0.5) is 0 Å². The Morgan fingerprint density at radius 2 is 1.79 bits per heavy atom. The maximum absolute atomic E-state index is 10.7. The molecule has 0 fully saturated rings. The molecule has 0 aromatic heterocycles. The SMILES string of the molecule is CC(=O)N[C@H](C(=O)O)C(C)OC(C)=O. The summed E-state index contributed by atoms with van der Waals surface area (Å²) in [6.07, 6.45) is -0.895. The van der Waals surface area contributed by atoms with Crippen LogP contribution in [0.3, 0.4) is 0 Å². The van der Waals surface area contributed by atoms with Crippen LogP contribution in [-0.4, -0.2) is 35.1 Å². The second-order valence-electron chi connectivity index (χ2n) is 2.83. The smallest absolute Gasteiger partial charge is 0.330 e. The van der Waals surface area contributed by atoms with Crippen LogP contribution in [0.15, 0.2) is 0 Å². The Balaban J connectivity index is 4.40. The van der Waals surface area contributed by atoms with E-state index in [2.05, 4.69) is 10.1 Å². The highest BCUT2D eigenvalue weighted by Gasteiger charge is 2.27. The van der Waals surface area contributed by atoms with Crippen LogP contribution in [0.25, 0.3) is 0 Å². The highest BCUT2D eigenvalue weighted by molar-refractivity contribution is 5.82. The summed E-state index contributed by atoms with van der Waals surface area (Å²) in [7, 11) is 0. The molecule has 0 aromatic carbocycles. The minimum Gasteiger partial charge on any atom is -0.480 e. The molecule has 0 heterocycles. The Morgan fingerprint density at radius 3 is 2.07 bits per heavy atom. The summed E-state index contributed by atoms with van der Waals surface area (Å²) in [5.41, 5.74) is 0. The Hall–Kier alpha value is -1.59. The average Bonchev–Trinajstić information content (AvgIpc) is 1.97. The van der Waals surface area contributed by atoms with Crippen LogP contribution in [0.1, 0.15) is 20.8 Å². The molecular weight excluding hydrogens is 190 g/mol. The van der Waals surface area contributed by atoms with Gasteiger partial charge in [0.1, 0.15) is 6.10 Å². The third-order valence-electron chi connectivity index (χ3n) is 1.45. The van der Waals surface area contributed by atoms with Crippen molar-refractivity contribution in [3.05, 3.63) is 0 Å². The molecule has 0 rings (SSSR count). The molecule has 2 N–H and O–H groups in total. The number of ether oxygens (including phenoxy) is 1. The minimum absolute atomic E-state index is 0.489. The van der Waals surface area contributed by atoms with Crippen molar-refractivity contribution in [2.24, 2.45) is 0 Å². The lowest BCUT2D eigenvalue weighted by Crippen LogP contribution is -2.48. The van der Waals surface area contributed by atoms with Gasteiger partial charge in [0.05, 0.1) is 0 Å². The van der Waals surface area contributed by atoms with Gasteiger partial charge in [0.25, 0.3) is 0 Å². The first-order valence-electron chi connectivity index (χ1n) is 4.01. The summed E-state index contributed by atoms with van der Waals surface area (Å²) in [4.78, 5) is 31.8. The van der Waals surface area contributed by atoms with Gasteiger partial charge in [-0.15, -0.1) is 0 Å². The standard InChI is InChI=1S/C8H13NO5/c1-4(14-6(3)11)7(8(12)13)9-5(2)10/h4,7H,1-3H3,(H,9,10)(H,12,13)/t4?,7-/m0/s1. The van der Waals surface area contributed by atoms with E-state index in [9.17, 15) is 14.4 Å². The van der Waals surface area contributed by atoms with E-state index in [1.165, 1.54) is 20.8 Å². The monoisotopic (exact) mass is 203 g/mol. The quantitative estimate of drug-likeness (QED) is 0.602. The second kappa shape index (κ2) is 5.21. The van der Waals surface area contributed by atoms with Crippen molar-refractivity contribution in [3.63, 3.8) is 0 Å². The highest BCUT2D eigenvalue weighted by Crippen LogP contribution is 2.00. The molecule has 0 aliphatic carbocycles. The van der Waals surface area contributed by atoms with Gasteiger partial charge in [-0.05, 0) is 6.92 Å². The fraction of sp³-hybridized carbons (Fsp3) is 0.625. The molecular formula is C8H13NO5. The topological polar surface area (TPSA) is 92.7 Å². The van der Waals surface area contributed by atoms with Gasteiger partial charge in [0.15, 0.2) is 6.04 Å². The molecule has 0 saturated heterocycles. The molecule has 2 atom stereocenters. The van der Waals surface area contributed by atoms with E-state index in [1.807, 2.05) is 0 Å². The first-order valence-corrected chi connectivity index (χ1v) is 4.01. The summed E-state index contributed by atoms with van der Waals surface area (Å²) in [5, 5.41) is 10.9. The minimum atomic E-state index is -1.24. The molecule has 0 saturated carbocycles. The van der Waals surface area contributed by atoms with Gasteiger partial charge in [-0.2, -0.15) is 0 Å². The maximum atomic E-state index is 10.7. The molecule has 1 unspecified atom stereocenters. The third-order valence-corrected chi connectivity index (χ3v) is 1.45. The predicted octanol–water partition coefficient (Wildman–Crippen LogP) is -0.473. The molecule has 6 heteroatoms. The van der Waals surface area contributed by atoms with Crippen molar-refractivity contribution in [3.8, 4) is 0 Å². The van der Waals surface area contributed by atoms with Crippen LogP contribution in [-0.2, 0) is 19.1 Å². The van der Waals surface area contributed by atoms with Gasteiger partial charge in [-0.1, -0.05) is 0 Å². The lowest BCUT2D eigenvalue weighted by Gasteiger charge is -2.20. The number of carboxylic acids is 1. The number of carboxylic acid groups (broad SMARTS) is 1. The second-order valence-corrected chi connectivity index (χ2v) is 2.83. The number of carbonyl (C=O) groups is 3. The van der Waals surface area contributed by atoms with Crippen LogP contribution in [0.2, 0.25) is 0 Å². The predicted molar refractivity (Wildman–Crippen MR) is 46.5 cm³/mol. The van der Waals surface area contributed by atoms with Crippen molar-refractivity contribution in [1.29, 1.82) is 0 Å². The largest absolute Gasteiger partial charge is 0.480 e. The Kier molecular flexibility index (Phi) is 4.62. The Bertz CT molecular complexity index is 250. The van der Waals surface area contributed by atoms with Crippen LogP contribution < -0.4 is 5.32 Å². The van der Waals surface area contributed by atoms with Gasteiger partial charge in [0, 0.05) is 13.8 Å². The fourth-order valence-corrected chi connectivity index (χ4v) is 0.929. The third kappa shape index (κ3) is 4.44. The Labute approximate surface area is 81.2 Å². The molecule has 6 nitrogen and oxygen atoms in total. The van der Waals surface area contributed by atoms with Crippen molar-refractivity contribution in [1.82, 2.24) is 5.32 Å². The van der Waals surface area contributed by atoms with E-state index >= 15 is 0 Å². The molecule has 0 bridgehead atoms. The van der Waals surface area contributed by atoms with E-state index in [-0.39, 0.29) is 0 Å². The highest BCUT2D eigenvalue weighted by atomic mass is 16.5. The van der Waals surface area contributed by atoms with Crippen molar-refractivity contribution in [2.45, 2.75) is 32.9 Å². The normalized spacial score (nSPS) is 13.9. The van der Waals surface area contributed by atoms with Crippen LogP contribution in [0, 0.1) is 0 Å². The van der Waals surface area contributed by atoms with Crippen LogP contribution >= 0.6 is 0 Å². The number of amides is 1. The van der Waals surface area contributed by atoms with E-state index in [0.717, 1.165) is 0 Å². The van der Waals surface area contributed by atoms with Crippen molar-refractivity contribution < 1.29 is 24.2 Å². The van der Waals surface area contributed by atoms with Crippen LogP contribution in [0.5, 0.6) is 0 Å². The zero-order valence-electron chi connectivity index (χ0n) is 8.23. The number of aliphatic carboxylic acids is 1. The lowest BCUT2D eigenvalue weighted by atomic mass is 10.2. The zero-order chi connectivity index (χ0) is 11.3. The van der Waals surface area contributed by atoms with Gasteiger partial charge >= 0.3 is 11.9 Å². The summed E-state index contributed by atoms with van der Waals surface area (Å²) < 4.78 is 4.64. The number of hydrogen-bond acceptors (Lipinski definition) is 4. The Morgan fingerprint density at radius 1 is 1.29 bits per heavy atom. The molecule has 0 aromatic rings. The maximum Gasteiger partial charge on any atom is 0.330 e. The summed E-state index contributed by atoms with van der Waals surface area (Å²) in [6.45, 7) is 3.76. The molecule has 0 aliphatic rings. The fourth-order valence-electron chi connectivity index (χ4n) is 0.929. The van der Waals surface area contributed by atoms with E-state index in [0.29, 0.717) is 0 Å². The number of hydrogen-bond donors (Lipinski definition) is 2. The summed E-state index contributed by atoms with van der Waals surface area (Å²) in [5.74, 6) is -2.32. The number of esters is 1. The number of nitrogens with one attached hydrogen (secondary N) is 1. The molecule has 1 amide bonds. The van der Waals surface area contributed by atoms with Gasteiger partial charge < -0.3 is 15.2 Å². The molecule has 0 aliphatic heterocycles. The first-order chi connectivity index (χ1) is 6.34. The van der Waals surface area contributed by atoms with Gasteiger partial charge in [0.2, 0.25) is 5.91 Å². The first kappa shape index (κ1) is 12.4. The molecule has 80 valence electrons. The zero-order valence-corrected chi connectivity index (χ0v) is 8.23. The van der Waals surface area contributed by atoms with Gasteiger partial charge in [-0.25, -0.2) is 4.79 Å². The average molecular weight is 203 g/mol. The van der Waals surface area contributed by atoms with Crippen molar-refractivity contribution >= 4 is 17.8 Å². The summed E-state index contributed by atoms with van der Waals surface area (Å²) >= 11 is 0. The number of rotatable bonds is 4. The summed E-state index contributed by atoms with van der Waals surface area (Å²) in [6, 6.07) is -1.21. The van der Waals surface area contributed by atoms with E-state index in [1.54, 1.807) is 0 Å². The van der Waals surface area contributed by atoms with E-state index in [4.69, 9.17) is 5.11 Å². The lowest BCUT2D eigenvalue weighted by molar-refractivity contribution is -0.154. The number of carbonyl (C=O) groups excluding carboxylic acids is 2. The van der Waals surface area contributed by atoms with Crippen molar-refractivity contribution in [2.75, 3.05) is 0 Å². The molecule has 0 spiro atoms. The molecule has 0 radical (unpaired) electrons. The van der Waals surface area contributed by atoms with Gasteiger partial charge in [-0.3, -0.25) is 9.59 Å². The van der Waals surface area contributed by atoms with E-state index < -0.39 is 30.0 Å².